The van der Waals surface area contributed by atoms with E-state index in [9.17, 15) is 14.4 Å². The molecule has 0 aromatic heterocycles. The molecule has 0 unspecified atom stereocenters. The predicted octanol–water partition coefficient (Wildman–Crippen LogP) is 2.30. The molecule has 4 amide bonds. The Morgan fingerprint density at radius 3 is 2.54 bits per heavy atom. The summed E-state index contributed by atoms with van der Waals surface area (Å²) in [4.78, 5) is 38.3. The first kappa shape index (κ1) is 18.4. The lowest BCUT2D eigenvalue weighted by Gasteiger charge is -2.24. The molecule has 1 saturated heterocycles. The van der Waals surface area contributed by atoms with Crippen LogP contribution >= 0.6 is 0 Å². The van der Waals surface area contributed by atoms with E-state index in [-0.39, 0.29) is 18.4 Å². The van der Waals surface area contributed by atoms with Gasteiger partial charge in [0.05, 0.1) is 0 Å². The van der Waals surface area contributed by atoms with Gasteiger partial charge in [-0.1, -0.05) is 49.9 Å². The van der Waals surface area contributed by atoms with Crippen LogP contribution < -0.4 is 10.6 Å². The molecule has 3 rings (SSSR count). The third-order valence-corrected chi connectivity index (χ3v) is 5.48. The van der Waals surface area contributed by atoms with E-state index in [1.165, 1.54) is 11.1 Å². The number of benzene rings is 1. The average Bonchev–Trinajstić information content (AvgIpc) is 2.79. The van der Waals surface area contributed by atoms with Crippen LogP contribution in [-0.4, -0.2) is 41.4 Å². The fourth-order valence-corrected chi connectivity index (χ4v) is 3.92. The predicted molar refractivity (Wildman–Crippen MR) is 98.6 cm³/mol. The normalized spacial score (nSPS) is 19.3. The second-order valence-corrected chi connectivity index (χ2v) is 7.34. The third kappa shape index (κ3) is 3.89. The molecule has 1 aromatic carbocycles. The molecule has 2 aliphatic rings. The lowest BCUT2D eigenvalue weighted by molar-refractivity contribution is -0.135. The molecule has 1 aromatic rings. The van der Waals surface area contributed by atoms with Gasteiger partial charge in [0.1, 0.15) is 12.1 Å². The van der Waals surface area contributed by atoms with Crippen LogP contribution in [0.1, 0.15) is 49.7 Å². The maximum atomic E-state index is 12.8. The van der Waals surface area contributed by atoms with Crippen molar-refractivity contribution < 1.29 is 14.4 Å². The molecule has 0 atom stereocenters. The van der Waals surface area contributed by atoms with Crippen LogP contribution in [0.4, 0.5) is 4.79 Å². The van der Waals surface area contributed by atoms with Gasteiger partial charge in [-0.3, -0.25) is 14.5 Å². The number of hydrogen-bond acceptors (Lipinski definition) is 3. The number of aryl methyl sites for hydroxylation is 1. The van der Waals surface area contributed by atoms with Crippen LogP contribution in [0.3, 0.4) is 0 Å². The van der Waals surface area contributed by atoms with Gasteiger partial charge in [-0.15, -0.1) is 0 Å². The number of amides is 4. The van der Waals surface area contributed by atoms with Crippen LogP contribution in [0.25, 0.3) is 0 Å². The summed E-state index contributed by atoms with van der Waals surface area (Å²) in [7, 11) is 0. The summed E-state index contributed by atoms with van der Waals surface area (Å²) in [6.07, 6.45) is 6.11. The summed E-state index contributed by atoms with van der Waals surface area (Å²) in [6.45, 7) is 2.31. The molecular weight excluding hydrogens is 330 g/mol. The van der Waals surface area contributed by atoms with Gasteiger partial charge in [0.2, 0.25) is 5.91 Å². The molecule has 1 spiro atoms. The number of rotatable bonds is 5. The molecule has 6 nitrogen and oxygen atoms in total. The molecule has 26 heavy (non-hydrogen) atoms. The Labute approximate surface area is 154 Å². The summed E-state index contributed by atoms with van der Waals surface area (Å²) in [5.74, 6) is -0.536. The standard InChI is InChI=1S/C20H27N3O3/c1-15-8-4-5-9-16(15)10-13-21-17(24)14-23-18(25)20(22-19(23)26)11-6-2-3-7-12-20/h4-5,8-9H,2-3,6-7,10-14H2,1H3,(H,21,24)(H,22,26). The Morgan fingerprint density at radius 1 is 1.15 bits per heavy atom. The molecule has 1 saturated carbocycles. The van der Waals surface area contributed by atoms with E-state index >= 15 is 0 Å². The van der Waals surface area contributed by atoms with E-state index in [0.29, 0.717) is 19.4 Å². The van der Waals surface area contributed by atoms with Crippen molar-refractivity contribution in [1.29, 1.82) is 0 Å². The smallest absolute Gasteiger partial charge is 0.325 e. The Kier molecular flexibility index (Phi) is 5.59. The van der Waals surface area contributed by atoms with Gasteiger partial charge in [-0.05, 0) is 37.3 Å². The lowest BCUT2D eigenvalue weighted by atomic mass is 9.90. The Balaban J connectivity index is 1.53. The zero-order chi connectivity index (χ0) is 18.6. The molecule has 6 heteroatoms. The minimum atomic E-state index is -0.783. The fourth-order valence-electron chi connectivity index (χ4n) is 3.92. The number of imide groups is 1. The maximum absolute atomic E-state index is 12.8. The second-order valence-electron chi connectivity index (χ2n) is 7.34. The van der Waals surface area contributed by atoms with Crippen molar-refractivity contribution in [3.05, 3.63) is 35.4 Å². The summed E-state index contributed by atoms with van der Waals surface area (Å²) in [5.41, 5.74) is 1.58. The fraction of sp³-hybridized carbons (Fsp3) is 0.550. The van der Waals surface area contributed by atoms with Crippen LogP contribution in [0, 0.1) is 6.92 Å². The van der Waals surface area contributed by atoms with Crippen molar-refractivity contribution >= 4 is 17.8 Å². The van der Waals surface area contributed by atoms with Crippen molar-refractivity contribution in [2.75, 3.05) is 13.1 Å². The van der Waals surface area contributed by atoms with E-state index in [2.05, 4.69) is 10.6 Å². The highest BCUT2D eigenvalue weighted by Gasteiger charge is 2.50. The van der Waals surface area contributed by atoms with Crippen molar-refractivity contribution in [2.24, 2.45) is 0 Å². The van der Waals surface area contributed by atoms with E-state index in [1.54, 1.807) is 0 Å². The zero-order valence-corrected chi connectivity index (χ0v) is 15.3. The first-order chi connectivity index (χ1) is 12.5. The lowest BCUT2D eigenvalue weighted by Crippen LogP contribution is -2.47. The maximum Gasteiger partial charge on any atom is 0.325 e. The van der Waals surface area contributed by atoms with Gasteiger partial charge < -0.3 is 10.6 Å². The molecule has 140 valence electrons. The van der Waals surface area contributed by atoms with Gasteiger partial charge in [-0.2, -0.15) is 0 Å². The summed E-state index contributed by atoms with van der Waals surface area (Å²) in [5, 5.41) is 5.68. The summed E-state index contributed by atoms with van der Waals surface area (Å²) in [6, 6.07) is 7.60. The topological polar surface area (TPSA) is 78.5 Å². The highest BCUT2D eigenvalue weighted by Crippen LogP contribution is 2.32. The number of carbonyl (C=O) groups excluding carboxylic acids is 3. The average molecular weight is 357 g/mol. The number of urea groups is 1. The molecule has 0 radical (unpaired) electrons. The summed E-state index contributed by atoms with van der Waals surface area (Å²) < 4.78 is 0. The van der Waals surface area contributed by atoms with Crippen molar-refractivity contribution in [2.45, 2.75) is 57.4 Å². The highest BCUT2D eigenvalue weighted by atomic mass is 16.2. The van der Waals surface area contributed by atoms with Crippen molar-refractivity contribution in [3.8, 4) is 0 Å². The highest BCUT2D eigenvalue weighted by molar-refractivity contribution is 6.09. The van der Waals surface area contributed by atoms with Crippen LogP contribution in [0.15, 0.2) is 24.3 Å². The van der Waals surface area contributed by atoms with Crippen LogP contribution in [0.2, 0.25) is 0 Å². The molecule has 2 fully saturated rings. The summed E-state index contributed by atoms with van der Waals surface area (Å²) >= 11 is 0. The number of carbonyl (C=O) groups is 3. The minimum absolute atomic E-state index is 0.208. The number of hydrogen-bond donors (Lipinski definition) is 2. The molecule has 1 heterocycles. The minimum Gasteiger partial charge on any atom is -0.354 e. The van der Waals surface area contributed by atoms with E-state index in [0.717, 1.165) is 37.0 Å². The van der Waals surface area contributed by atoms with Gasteiger partial charge in [0.25, 0.3) is 5.91 Å². The Bertz CT molecular complexity index is 693. The Morgan fingerprint density at radius 2 is 1.85 bits per heavy atom. The van der Waals surface area contributed by atoms with E-state index in [1.807, 2.05) is 31.2 Å². The van der Waals surface area contributed by atoms with Crippen LogP contribution in [0.5, 0.6) is 0 Å². The van der Waals surface area contributed by atoms with Gasteiger partial charge in [0, 0.05) is 6.54 Å². The molecule has 2 N–H and O–H groups in total. The number of nitrogens with zero attached hydrogens (tertiary/aromatic N) is 1. The van der Waals surface area contributed by atoms with Crippen LogP contribution in [-0.2, 0) is 16.0 Å². The van der Waals surface area contributed by atoms with Gasteiger partial charge >= 0.3 is 6.03 Å². The van der Waals surface area contributed by atoms with E-state index < -0.39 is 11.6 Å². The first-order valence-electron chi connectivity index (χ1n) is 9.47. The monoisotopic (exact) mass is 357 g/mol. The molecular formula is C20H27N3O3. The second kappa shape index (κ2) is 7.89. The molecule has 0 bridgehead atoms. The Hall–Kier alpha value is -2.37. The van der Waals surface area contributed by atoms with E-state index in [4.69, 9.17) is 0 Å². The first-order valence-corrected chi connectivity index (χ1v) is 9.47. The quantitative estimate of drug-likeness (QED) is 0.794. The molecule has 1 aliphatic carbocycles. The molecule has 1 aliphatic heterocycles. The largest absolute Gasteiger partial charge is 0.354 e. The third-order valence-electron chi connectivity index (χ3n) is 5.48. The van der Waals surface area contributed by atoms with Crippen molar-refractivity contribution in [3.63, 3.8) is 0 Å². The van der Waals surface area contributed by atoms with Gasteiger partial charge in [0.15, 0.2) is 0 Å². The zero-order valence-electron chi connectivity index (χ0n) is 15.3. The number of nitrogens with one attached hydrogen (secondary N) is 2. The SMILES string of the molecule is Cc1ccccc1CCNC(=O)CN1C(=O)NC2(CCCCCC2)C1=O. The van der Waals surface area contributed by atoms with Gasteiger partial charge in [-0.25, -0.2) is 4.79 Å². The van der Waals surface area contributed by atoms with Crippen molar-refractivity contribution in [1.82, 2.24) is 15.5 Å².